The molecule has 20 heavy (non-hydrogen) atoms. The van der Waals surface area contributed by atoms with Gasteiger partial charge < -0.3 is 5.73 Å². The molecule has 108 valence electrons. The van der Waals surface area contributed by atoms with Crippen molar-refractivity contribution in [2.24, 2.45) is 5.73 Å². The Bertz CT molecular complexity index is 545. The molecule has 2 rings (SSSR count). The molecule has 0 radical (unpaired) electrons. The molecule has 0 fully saturated rings. The van der Waals surface area contributed by atoms with Gasteiger partial charge in [0.2, 0.25) is 0 Å². The van der Waals surface area contributed by atoms with Gasteiger partial charge >= 0.3 is 0 Å². The second kappa shape index (κ2) is 7.31. The Morgan fingerprint density at radius 1 is 1.40 bits per heavy atom. The number of nitrogens with two attached hydrogens (primary N) is 1. The van der Waals surface area contributed by atoms with Crippen LogP contribution in [0, 0.1) is 5.82 Å². The predicted molar refractivity (Wildman–Crippen MR) is 86.3 cm³/mol. The van der Waals surface area contributed by atoms with Crippen molar-refractivity contribution in [3.63, 3.8) is 0 Å². The van der Waals surface area contributed by atoms with Crippen LogP contribution in [0.2, 0.25) is 0 Å². The molecule has 2 N–H and O–H groups in total. The van der Waals surface area contributed by atoms with Crippen molar-refractivity contribution in [2.45, 2.75) is 19.5 Å². The van der Waals surface area contributed by atoms with E-state index in [2.05, 4.69) is 39.2 Å². The molecule has 2 aromatic rings. The molecule has 1 aromatic heterocycles. The Hall–Kier alpha value is -0.750. The standard InChI is InChI=1S/C15H18BrFN2S/c1-2-19(10-12-4-3-7-20-12)15(9-18)11-5-6-13(16)14(17)8-11/h3-8,15H,2,9-10,18H2,1H3. The van der Waals surface area contributed by atoms with Gasteiger partial charge in [0.15, 0.2) is 0 Å². The fourth-order valence-corrected chi connectivity index (χ4v) is 3.24. The van der Waals surface area contributed by atoms with Crippen molar-refractivity contribution < 1.29 is 4.39 Å². The monoisotopic (exact) mass is 356 g/mol. The van der Waals surface area contributed by atoms with Crippen LogP contribution in [-0.2, 0) is 6.54 Å². The molecule has 0 bridgehead atoms. The molecule has 0 aliphatic carbocycles. The first-order valence-electron chi connectivity index (χ1n) is 6.57. The molecule has 0 aliphatic heterocycles. The molecule has 1 atom stereocenters. The zero-order chi connectivity index (χ0) is 14.5. The van der Waals surface area contributed by atoms with Crippen LogP contribution >= 0.6 is 27.3 Å². The number of rotatable bonds is 6. The topological polar surface area (TPSA) is 29.3 Å². The van der Waals surface area contributed by atoms with Gasteiger partial charge in [-0.15, -0.1) is 11.3 Å². The zero-order valence-electron chi connectivity index (χ0n) is 11.4. The molecular formula is C15H18BrFN2S. The van der Waals surface area contributed by atoms with E-state index in [1.807, 2.05) is 12.1 Å². The van der Waals surface area contributed by atoms with E-state index in [4.69, 9.17) is 5.73 Å². The van der Waals surface area contributed by atoms with Crippen LogP contribution in [0.4, 0.5) is 4.39 Å². The molecule has 1 heterocycles. The summed E-state index contributed by atoms with van der Waals surface area (Å²) in [6.07, 6.45) is 0. The van der Waals surface area contributed by atoms with Crippen molar-refractivity contribution in [1.29, 1.82) is 0 Å². The average molecular weight is 357 g/mol. The third-order valence-electron chi connectivity index (χ3n) is 3.34. The van der Waals surface area contributed by atoms with E-state index >= 15 is 0 Å². The van der Waals surface area contributed by atoms with Crippen LogP contribution in [0.5, 0.6) is 0 Å². The lowest BCUT2D eigenvalue weighted by atomic mass is 10.0. The summed E-state index contributed by atoms with van der Waals surface area (Å²) in [5.74, 6) is -0.242. The van der Waals surface area contributed by atoms with Gasteiger partial charge in [-0.1, -0.05) is 19.1 Å². The zero-order valence-corrected chi connectivity index (χ0v) is 13.8. The number of hydrogen-bond donors (Lipinski definition) is 1. The van der Waals surface area contributed by atoms with Gasteiger partial charge in [-0.25, -0.2) is 4.39 Å². The van der Waals surface area contributed by atoms with E-state index in [-0.39, 0.29) is 11.9 Å². The van der Waals surface area contributed by atoms with E-state index in [0.29, 0.717) is 11.0 Å². The van der Waals surface area contributed by atoms with Gasteiger partial charge in [-0.05, 0) is 51.6 Å². The SMILES string of the molecule is CCN(Cc1cccs1)C(CN)c1ccc(Br)c(F)c1. The fourth-order valence-electron chi connectivity index (χ4n) is 2.26. The Morgan fingerprint density at radius 3 is 2.75 bits per heavy atom. The lowest BCUT2D eigenvalue weighted by Crippen LogP contribution is -2.33. The quantitative estimate of drug-likeness (QED) is 0.841. The van der Waals surface area contributed by atoms with Crippen LogP contribution < -0.4 is 5.73 Å². The maximum Gasteiger partial charge on any atom is 0.137 e. The summed E-state index contributed by atoms with van der Waals surface area (Å²) in [4.78, 5) is 3.57. The Balaban J connectivity index is 2.21. The summed E-state index contributed by atoms with van der Waals surface area (Å²) in [6, 6.07) is 9.44. The van der Waals surface area contributed by atoms with Gasteiger partial charge in [-0.3, -0.25) is 4.90 Å². The van der Waals surface area contributed by atoms with Gasteiger partial charge in [0.25, 0.3) is 0 Å². The molecule has 2 nitrogen and oxygen atoms in total. The number of nitrogens with zero attached hydrogens (tertiary/aromatic N) is 1. The second-order valence-electron chi connectivity index (χ2n) is 4.57. The van der Waals surface area contributed by atoms with Gasteiger partial charge in [0.1, 0.15) is 5.82 Å². The van der Waals surface area contributed by atoms with Gasteiger partial charge in [0.05, 0.1) is 4.47 Å². The molecular weight excluding hydrogens is 339 g/mol. The molecule has 0 amide bonds. The van der Waals surface area contributed by atoms with Crippen molar-refractivity contribution in [2.75, 3.05) is 13.1 Å². The first kappa shape index (κ1) is 15.6. The lowest BCUT2D eigenvalue weighted by molar-refractivity contribution is 0.205. The van der Waals surface area contributed by atoms with Crippen LogP contribution in [0.1, 0.15) is 23.4 Å². The number of hydrogen-bond acceptors (Lipinski definition) is 3. The summed E-state index contributed by atoms with van der Waals surface area (Å²) in [7, 11) is 0. The largest absolute Gasteiger partial charge is 0.329 e. The molecule has 1 aromatic carbocycles. The number of benzene rings is 1. The summed E-state index contributed by atoms with van der Waals surface area (Å²) >= 11 is 4.92. The van der Waals surface area contributed by atoms with E-state index in [9.17, 15) is 4.39 Å². The second-order valence-corrected chi connectivity index (χ2v) is 6.45. The van der Waals surface area contributed by atoms with E-state index in [1.165, 1.54) is 4.88 Å². The minimum absolute atomic E-state index is 0.0321. The van der Waals surface area contributed by atoms with Crippen LogP contribution in [0.25, 0.3) is 0 Å². The van der Waals surface area contributed by atoms with Crippen LogP contribution in [-0.4, -0.2) is 18.0 Å². The maximum atomic E-state index is 13.7. The fraction of sp³-hybridized carbons (Fsp3) is 0.333. The minimum Gasteiger partial charge on any atom is -0.329 e. The summed E-state index contributed by atoms with van der Waals surface area (Å²) in [6.45, 7) is 4.29. The van der Waals surface area contributed by atoms with Crippen molar-refractivity contribution >= 4 is 27.3 Å². The molecule has 0 aliphatic rings. The highest BCUT2D eigenvalue weighted by Gasteiger charge is 2.19. The number of thiophene rings is 1. The van der Waals surface area contributed by atoms with Crippen LogP contribution in [0.15, 0.2) is 40.2 Å². The Kier molecular flexibility index (Phi) is 5.72. The normalized spacial score (nSPS) is 12.8. The Labute approximate surface area is 131 Å². The smallest absolute Gasteiger partial charge is 0.137 e. The predicted octanol–water partition coefficient (Wildman–Crippen LogP) is 4.17. The molecule has 5 heteroatoms. The molecule has 1 unspecified atom stereocenters. The van der Waals surface area contributed by atoms with E-state index in [1.54, 1.807) is 23.5 Å². The highest BCUT2D eigenvalue weighted by Crippen LogP contribution is 2.26. The third kappa shape index (κ3) is 3.67. The lowest BCUT2D eigenvalue weighted by Gasteiger charge is -2.30. The average Bonchev–Trinajstić information content (AvgIpc) is 2.95. The number of likely N-dealkylation sites (N-methyl/N-ethyl adjacent to an activating group) is 1. The first-order chi connectivity index (χ1) is 9.65. The maximum absolute atomic E-state index is 13.7. The number of halogens is 2. The summed E-state index contributed by atoms with van der Waals surface area (Å²) in [5, 5.41) is 2.07. The van der Waals surface area contributed by atoms with E-state index < -0.39 is 0 Å². The van der Waals surface area contributed by atoms with Crippen molar-refractivity contribution in [3.05, 3.63) is 56.4 Å². The Morgan fingerprint density at radius 2 is 2.20 bits per heavy atom. The van der Waals surface area contributed by atoms with Crippen molar-refractivity contribution in [1.82, 2.24) is 4.90 Å². The van der Waals surface area contributed by atoms with E-state index in [0.717, 1.165) is 18.7 Å². The first-order valence-corrected chi connectivity index (χ1v) is 8.24. The van der Waals surface area contributed by atoms with Gasteiger partial charge in [0, 0.05) is 24.0 Å². The summed E-state index contributed by atoms with van der Waals surface area (Å²) in [5.41, 5.74) is 6.85. The summed E-state index contributed by atoms with van der Waals surface area (Å²) < 4.78 is 14.2. The third-order valence-corrected chi connectivity index (χ3v) is 4.84. The molecule has 0 spiro atoms. The van der Waals surface area contributed by atoms with Crippen LogP contribution in [0.3, 0.4) is 0 Å². The molecule has 0 saturated heterocycles. The molecule has 0 saturated carbocycles. The highest BCUT2D eigenvalue weighted by molar-refractivity contribution is 9.10. The van der Waals surface area contributed by atoms with Gasteiger partial charge in [-0.2, -0.15) is 0 Å². The van der Waals surface area contributed by atoms with Crippen molar-refractivity contribution in [3.8, 4) is 0 Å². The minimum atomic E-state index is -0.242. The highest BCUT2D eigenvalue weighted by atomic mass is 79.9.